The van der Waals surface area contributed by atoms with Crippen LogP contribution in [-0.2, 0) is 57.5 Å². The van der Waals surface area contributed by atoms with Crippen LogP contribution in [0.15, 0.2) is 12.2 Å². The standard InChI is InChI=1S/C77H113F11N12O12/c1-9-44(2)63-71(110)93(4)43-61(103)94(5)54-21-11-10-16-34-99(70(54)109)58(38-46-24-27-49(28-25-46)75(80,81)82)68(107)92(3)42-59(101)89-53(29-26-47-35-51(78)62(52(79)36-47)77(86,87)88)67(106)100-41-50(76(83,84)85)39-56(100)66(105)91-74(30-14-15-31-74)73(112)97(8)64(48-19-12-13-20-48)72(111)96(7)57(69(108)98-32-17-18-33-98)40-60(102)95(6)55(65(104)90-63)37-45-22-23-45/h10-11,44-58,62-64H,9,12-43H2,1-8H3,(H,89,101)(H,90,104)(H,91,105)/b11-10-/t44-,46?,47?,49?,50+,51?,52?,53-,54-,55-,56-,57-,58-,62?,63-,64-/m0/s1. The van der Waals surface area contributed by atoms with Crippen LogP contribution in [0.3, 0.4) is 0 Å². The first-order valence-electron chi connectivity index (χ1n) is 40.1. The van der Waals surface area contributed by atoms with Gasteiger partial charge in [-0.2, -0.15) is 39.5 Å². The van der Waals surface area contributed by atoms with Gasteiger partial charge in [0.15, 0.2) is 0 Å². The maximum atomic E-state index is 15.7. The molecule has 24 nitrogen and oxygen atoms in total. The largest absolute Gasteiger partial charge is 0.397 e. The number of hydrogen-bond donors (Lipinski definition) is 3. The van der Waals surface area contributed by atoms with Gasteiger partial charge in [-0.25, -0.2) is 8.78 Å². The maximum absolute atomic E-state index is 15.7. The molecule has 35 heteroatoms. The number of rotatable bonds is 11. The quantitative estimate of drug-likeness (QED) is 0.132. The SMILES string of the molecule is CC[C@H](C)[C@@H]1NC(=O)[C@H](CC2CC2)N(C)C(=O)C[C@@H](C(=O)N2CCCC2)N(C)C(=O)[C@H](C2CCCC2)N(C)C(=O)C2(CCCC2)NC(=O)[C@@H]2C[C@@H](C(F)(F)F)CN2C(=O)[C@H](CCC2CC(F)C(C(F)(F)F)C(F)C2)NC(=O)CN(C)C(=O)[C@H](CC2CCC(C(F)(F)F)CC2)N2CC/C=C\C[C@@H](C2=O)N(C)C(=O)CN(C)C1=O. The highest BCUT2D eigenvalue weighted by molar-refractivity contribution is 6.01. The number of halogens is 11. The summed E-state index contributed by atoms with van der Waals surface area (Å²) in [5.41, 5.74) is -1.97. The Morgan fingerprint density at radius 2 is 1.12 bits per heavy atom. The molecule has 0 aromatic heterocycles. The molecule has 0 aromatic carbocycles. The highest BCUT2D eigenvalue weighted by atomic mass is 19.4. The van der Waals surface area contributed by atoms with E-state index in [-0.39, 0.29) is 103 Å². The van der Waals surface area contributed by atoms with Crippen molar-refractivity contribution in [2.75, 3.05) is 81.6 Å². The number of carbonyl (C=O) groups excluding carboxylic acids is 12. The second-order valence-electron chi connectivity index (χ2n) is 33.5. The average molecular weight is 1610 g/mol. The van der Waals surface area contributed by atoms with Crippen LogP contribution >= 0.6 is 0 Å². The molecule has 3 N–H and O–H groups in total. The lowest BCUT2D eigenvalue weighted by molar-refractivity contribution is -0.219. The van der Waals surface area contributed by atoms with Crippen LogP contribution in [0.4, 0.5) is 48.3 Å². The van der Waals surface area contributed by atoms with Crippen molar-refractivity contribution < 1.29 is 106 Å². The molecule has 2 bridgehead atoms. The minimum absolute atomic E-state index is 0.0291. The summed E-state index contributed by atoms with van der Waals surface area (Å²) in [7, 11) is 7.74. The van der Waals surface area contributed by atoms with E-state index in [2.05, 4.69) is 16.0 Å². The number of fused-ring (bicyclic) bond motifs is 3. The predicted octanol–water partition coefficient (Wildman–Crippen LogP) is 7.80. The van der Waals surface area contributed by atoms with Gasteiger partial charge in [0, 0.05) is 68.5 Å². The summed E-state index contributed by atoms with van der Waals surface area (Å²) < 4.78 is 161. The van der Waals surface area contributed by atoms with Gasteiger partial charge in [0.05, 0.1) is 31.3 Å². The molecule has 4 aliphatic heterocycles. The summed E-state index contributed by atoms with van der Waals surface area (Å²) in [6.45, 7) is 0.835. The fourth-order valence-corrected chi connectivity index (χ4v) is 18.4. The number of nitrogens with one attached hydrogen (secondary N) is 3. The van der Waals surface area contributed by atoms with Gasteiger partial charge in [-0.05, 0) is 152 Å². The molecule has 12 amide bonds. The van der Waals surface area contributed by atoms with Crippen molar-refractivity contribution in [2.24, 2.45) is 47.3 Å². The molecule has 0 aromatic rings. The molecule has 0 radical (unpaired) electrons. The minimum atomic E-state index is -5.30. The fourth-order valence-electron chi connectivity index (χ4n) is 18.4. The zero-order valence-corrected chi connectivity index (χ0v) is 65.5. The summed E-state index contributed by atoms with van der Waals surface area (Å²) in [5, 5.41) is 8.00. The second-order valence-corrected chi connectivity index (χ2v) is 33.5. The molecule has 1 spiro atoms. The Kier molecular flexibility index (Phi) is 29.3. The Labute approximate surface area is 647 Å². The number of likely N-dealkylation sites (tertiary alicyclic amines) is 1. The first kappa shape index (κ1) is 88.6. The van der Waals surface area contributed by atoms with Crippen molar-refractivity contribution in [3.8, 4) is 0 Å². The minimum Gasteiger partial charge on any atom is -0.343 e. The number of alkyl halides is 11. The zero-order valence-electron chi connectivity index (χ0n) is 65.5. The number of amides is 12. The van der Waals surface area contributed by atoms with Crippen molar-refractivity contribution in [1.29, 1.82) is 0 Å². The first-order valence-corrected chi connectivity index (χ1v) is 40.1. The van der Waals surface area contributed by atoms with Gasteiger partial charge in [-0.3, -0.25) is 57.5 Å². The van der Waals surface area contributed by atoms with E-state index >= 15 is 60.3 Å². The van der Waals surface area contributed by atoms with E-state index in [1.165, 1.54) is 45.0 Å². The molecule has 8 fully saturated rings. The van der Waals surface area contributed by atoms with Crippen LogP contribution in [0, 0.1) is 47.3 Å². The molecule has 3 saturated heterocycles. The van der Waals surface area contributed by atoms with E-state index < -0.39 is 255 Å². The van der Waals surface area contributed by atoms with E-state index in [4.69, 9.17) is 0 Å². The summed E-state index contributed by atoms with van der Waals surface area (Å²) in [5.74, 6) is -21.2. The highest BCUT2D eigenvalue weighted by Crippen LogP contribution is 2.47. The van der Waals surface area contributed by atoms with Gasteiger partial charge in [0.25, 0.3) is 0 Å². The lowest BCUT2D eigenvalue weighted by atomic mass is 9.76. The molecule has 5 aliphatic carbocycles. The zero-order chi connectivity index (χ0) is 82.4. The number of carbonyl (C=O) groups is 12. The number of hydrogen-bond acceptors (Lipinski definition) is 12. The van der Waals surface area contributed by atoms with E-state index in [0.717, 1.165) is 36.4 Å². The summed E-state index contributed by atoms with van der Waals surface area (Å²) in [6.07, 6.45) is -17.9. The van der Waals surface area contributed by atoms with Crippen LogP contribution in [-0.4, -0.2) is 281 Å². The number of likely N-dealkylation sites (N-methyl/N-ethyl adjacent to an activating group) is 6. The smallest absolute Gasteiger partial charge is 0.343 e. The van der Waals surface area contributed by atoms with E-state index in [1.54, 1.807) is 26.0 Å². The molecule has 630 valence electrons. The Hall–Kier alpha value is -7.39. The Bertz CT molecular complexity index is 3420. The topological polar surface area (TPSA) is 270 Å². The monoisotopic (exact) mass is 1610 g/mol. The highest BCUT2D eigenvalue weighted by Gasteiger charge is 2.58. The first-order chi connectivity index (χ1) is 52.6. The molecule has 5 saturated carbocycles. The van der Waals surface area contributed by atoms with Crippen LogP contribution < -0.4 is 16.0 Å². The molecule has 9 rings (SSSR count). The van der Waals surface area contributed by atoms with E-state index in [1.807, 2.05) is 0 Å². The van der Waals surface area contributed by atoms with Gasteiger partial charge in [0.2, 0.25) is 70.9 Å². The molecule has 9 aliphatic rings. The summed E-state index contributed by atoms with van der Waals surface area (Å²) in [6, 6.07) is -12.6. The third-order valence-electron chi connectivity index (χ3n) is 25.8. The normalized spacial score (nSPS) is 32.9. The van der Waals surface area contributed by atoms with Crippen molar-refractivity contribution in [3.05, 3.63) is 12.2 Å². The van der Waals surface area contributed by atoms with Crippen molar-refractivity contribution in [1.82, 2.24) is 60.0 Å². The Morgan fingerprint density at radius 3 is 1.70 bits per heavy atom. The molecule has 112 heavy (non-hydrogen) atoms. The van der Waals surface area contributed by atoms with Gasteiger partial charge in [-0.1, -0.05) is 70.9 Å². The molecule has 4 heterocycles. The Balaban J connectivity index is 1.12. The average Bonchev–Trinajstić information content (AvgIpc) is 1.55. The van der Waals surface area contributed by atoms with E-state index in [9.17, 15) is 45.5 Å². The van der Waals surface area contributed by atoms with E-state index in [0.29, 0.717) is 62.7 Å². The molecule has 12 atom stereocenters. The summed E-state index contributed by atoms with van der Waals surface area (Å²) in [4.78, 5) is 192. The van der Waals surface area contributed by atoms with Crippen LogP contribution in [0.2, 0.25) is 0 Å². The Morgan fingerprint density at radius 1 is 0.545 bits per heavy atom. The molecular formula is C77H113F11N12O12. The maximum Gasteiger partial charge on any atom is 0.397 e. The molecule has 2 unspecified atom stereocenters. The predicted molar refractivity (Wildman–Crippen MR) is 385 cm³/mol. The van der Waals surface area contributed by atoms with Gasteiger partial charge < -0.3 is 60.0 Å². The van der Waals surface area contributed by atoms with Crippen LogP contribution in [0.25, 0.3) is 0 Å². The number of nitrogens with zero attached hydrogens (tertiary/aromatic N) is 9. The van der Waals surface area contributed by atoms with Gasteiger partial charge in [-0.15, -0.1) is 0 Å². The fraction of sp³-hybridized carbons (Fsp3) is 0.818. The third kappa shape index (κ3) is 21.0. The van der Waals surface area contributed by atoms with Crippen molar-refractivity contribution in [2.45, 2.75) is 272 Å². The molecular weight excluding hydrogens is 1490 g/mol. The second kappa shape index (κ2) is 37.0. The van der Waals surface area contributed by atoms with Crippen molar-refractivity contribution >= 4 is 70.9 Å². The lowest BCUT2D eigenvalue weighted by Crippen LogP contribution is -2.65. The van der Waals surface area contributed by atoms with Crippen LogP contribution in [0.1, 0.15) is 187 Å². The van der Waals surface area contributed by atoms with Crippen molar-refractivity contribution in [3.63, 3.8) is 0 Å². The summed E-state index contributed by atoms with van der Waals surface area (Å²) >= 11 is 0. The lowest BCUT2D eigenvalue weighted by Gasteiger charge is -2.42. The van der Waals surface area contributed by atoms with Gasteiger partial charge >= 0.3 is 18.5 Å². The van der Waals surface area contributed by atoms with Crippen LogP contribution in [0.5, 0.6) is 0 Å². The van der Waals surface area contributed by atoms with Gasteiger partial charge in [0.1, 0.15) is 72.1 Å². The third-order valence-corrected chi connectivity index (χ3v) is 25.8.